The van der Waals surface area contributed by atoms with Crippen LogP contribution in [0.25, 0.3) is 0 Å². The van der Waals surface area contributed by atoms with E-state index in [0.29, 0.717) is 12.3 Å². The topological polar surface area (TPSA) is 71.3 Å². The smallest absolute Gasteiger partial charge is 0.274 e. The second kappa shape index (κ2) is 6.09. The Labute approximate surface area is 123 Å². The van der Waals surface area contributed by atoms with Crippen LogP contribution in [0.15, 0.2) is 27.7 Å². The van der Waals surface area contributed by atoms with Crippen LogP contribution < -0.4 is 10.0 Å². The molecule has 0 aliphatic carbocycles. The molecule has 0 saturated heterocycles. The summed E-state index contributed by atoms with van der Waals surface area (Å²) in [7, 11) is -1.82. The van der Waals surface area contributed by atoms with Crippen molar-refractivity contribution >= 4 is 21.4 Å². The minimum absolute atomic E-state index is 0.0484. The first-order chi connectivity index (χ1) is 9.42. The van der Waals surface area contributed by atoms with E-state index in [1.807, 2.05) is 19.9 Å². The molecule has 2 N–H and O–H groups in total. The highest BCUT2D eigenvalue weighted by atomic mass is 32.2. The molecule has 0 radical (unpaired) electrons. The van der Waals surface area contributed by atoms with Gasteiger partial charge in [-0.05, 0) is 44.7 Å². The Bertz CT molecular complexity index is 667. The normalized spacial score (nSPS) is 11.9. The number of furan rings is 1. The van der Waals surface area contributed by atoms with Gasteiger partial charge in [0.15, 0.2) is 0 Å². The lowest BCUT2D eigenvalue weighted by molar-refractivity contribution is 0.404. The van der Waals surface area contributed by atoms with Gasteiger partial charge in [-0.15, -0.1) is 11.3 Å². The standard InChI is InChI=1S/C13H18N2O3S2/c1-9-6-12(19-10(9)2)8-15-20(16,17)13-5-4-11(18-13)7-14-3/h4-6,14-15H,7-8H2,1-3H3. The molecule has 0 bridgehead atoms. The lowest BCUT2D eigenvalue weighted by Gasteiger charge is -2.02. The summed E-state index contributed by atoms with van der Waals surface area (Å²) in [5.74, 6) is 0.593. The number of thiophene rings is 1. The maximum absolute atomic E-state index is 12.1. The molecule has 5 nitrogen and oxygen atoms in total. The van der Waals surface area contributed by atoms with Crippen LogP contribution in [-0.4, -0.2) is 15.5 Å². The van der Waals surface area contributed by atoms with Crippen molar-refractivity contribution in [3.05, 3.63) is 39.3 Å². The average molecular weight is 314 g/mol. The fourth-order valence-electron chi connectivity index (χ4n) is 1.75. The summed E-state index contributed by atoms with van der Waals surface area (Å²) in [5.41, 5.74) is 1.18. The van der Waals surface area contributed by atoms with Crippen LogP contribution in [0.5, 0.6) is 0 Å². The van der Waals surface area contributed by atoms with Crippen molar-refractivity contribution < 1.29 is 12.8 Å². The molecular weight excluding hydrogens is 296 g/mol. The molecule has 110 valence electrons. The molecule has 0 aromatic carbocycles. The van der Waals surface area contributed by atoms with Crippen molar-refractivity contribution in [1.82, 2.24) is 10.0 Å². The van der Waals surface area contributed by atoms with Crippen LogP contribution in [0.3, 0.4) is 0 Å². The first-order valence-electron chi connectivity index (χ1n) is 6.21. The lowest BCUT2D eigenvalue weighted by Crippen LogP contribution is -2.22. The Morgan fingerprint density at radius 3 is 2.60 bits per heavy atom. The van der Waals surface area contributed by atoms with Crippen LogP contribution in [0.1, 0.15) is 21.1 Å². The predicted molar refractivity (Wildman–Crippen MR) is 79.3 cm³/mol. The number of aryl methyl sites for hydroxylation is 2. The second-order valence-corrected chi connectivity index (χ2v) is 7.57. The number of hydrogen-bond donors (Lipinski definition) is 2. The van der Waals surface area contributed by atoms with Crippen molar-refractivity contribution in [2.24, 2.45) is 0 Å². The van der Waals surface area contributed by atoms with Crippen molar-refractivity contribution in [2.75, 3.05) is 7.05 Å². The van der Waals surface area contributed by atoms with E-state index in [-0.39, 0.29) is 11.6 Å². The maximum Gasteiger partial charge on any atom is 0.274 e. The van der Waals surface area contributed by atoms with E-state index in [1.165, 1.54) is 16.5 Å². The molecule has 2 aromatic heterocycles. The van der Waals surface area contributed by atoms with E-state index in [0.717, 1.165) is 4.88 Å². The van der Waals surface area contributed by atoms with Gasteiger partial charge in [0.2, 0.25) is 5.09 Å². The molecule has 0 spiro atoms. The van der Waals surface area contributed by atoms with Crippen LogP contribution >= 0.6 is 11.3 Å². The Morgan fingerprint density at radius 2 is 2.00 bits per heavy atom. The van der Waals surface area contributed by atoms with Crippen LogP contribution in [-0.2, 0) is 23.1 Å². The first kappa shape index (κ1) is 15.2. The summed E-state index contributed by atoms with van der Waals surface area (Å²) in [6.07, 6.45) is 0. The minimum atomic E-state index is -3.60. The molecule has 0 fully saturated rings. The van der Waals surface area contributed by atoms with E-state index in [2.05, 4.69) is 10.0 Å². The summed E-state index contributed by atoms with van der Waals surface area (Å²) in [4.78, 5) is 2.19. The molecule has 0 aliphatic rings. The molecule has 2 heterocycles. The molecule has 20 heavy (non-hydrogen) atoms. The first-order valence-corrected chi connectivity index (χ1v) is 8.51. The number of nitrogens with one attached hydrogen (secondary N) is 2. The average Bonchev–Trinajstić information content (AvgIpc) is 2.96. The third-order valence-electron chi connectivity index (χ3n) is 2.91. The van der Waals surface area contributed by atoms with Gasteiger partial charge in [0.25, 0.3) is 10.0 Å². The van der Waals surface area contributed by atoms with Gasteiger partial charge in [-0.3, -0.25) is 0 Å². The lowest BCUT2D eigenvalue weighted by atomic mass is 10.3. The second-order valence-electron chi connectivity index (χ2n) is 4.53. The van der Waals surface area contributed by atoms with Gasteiger partial charge in [0, 0.05) is 16.3 Å². The zero-order chi connectivity index (χ0) is 14.8. The van der Waals surface area contributed by atoms with Gasteiger partial charge >= 0.3 is 0 Å². The molecule has 2 aromatic rings. The largest absolute Gasteiger partial charge is 0.447 e. The van der Waals surface area contributed by atoms with Gasteiger partial charge in [-0.25, -0.2) is 13.1 Å². The van der Waals surface area contributed by atoms with Crippen molar-refractivity contribution in [1.29, 1.82) is 0 Å². The van der Waals surface area contributed by atoms with Gasteiger partial charge < -0.3 is 9.73 Å². The summed E-state index contributed by atoms with van der Waals surface area (Å²) in [6.45, 7) is 4.82. The van der Waals surface area contributed by atoms with Gasteiger partial charge in [-0.1, -0.05) is 0 Å². The van der Waals surface area contributed by atoms with Crippen molar-refractivity contribution in [3.8, 4) is 0 Å². The highest BCUT2D eigenvalue weighted by Gasteiger charge is 2.18. The molecule has 0 unspecified atom stereocenters. The Balaban J connectivity index is 2.06. The zero-order valence-electron chi connectivity index (χ0n) is 11.7. The van der Waals surface area contributed by atoms with Crippen LogP contribution in [0.2, 0.25) is 0 Å². The van der Waals surface area contributed by atoms with E-state index in [1.54, 1.807) is 24.5 Å². The van der Waals surface area contributed by atoms with Gasteiger partial charge in [-0.2, -0.15) is 0 Å². The Kier molecular flexibility index (Phi) is 4.64. The summed E-state index contributed by atoms with van der Waals surface area (Å²) >= 11 is 1.60. The van der Waals surface area contributed by atoms with E-state index >= 15 is 0 Å². The SMILES string of the molecule is CNCc1ccc(S(=O)(=O)NCc2cc(C)c(C)s2)o1. The van der Waals surface area contributed by atoms with E-state index in [9.17, 15) is 8.42 Å². The molecular formula is C13H18N2O3S2. The van der Waals surface area contributed by atoms with Crippen molar-refractivity contribution in [2.45, 2.75) is 32.0 Å². The van der Waals surface area contributed by atoms with E-state index < -0.39 is 10.0 Å². The third kappa shape index (κ3) is 3.49. The number of sulfonamides is 1. The van der Waals surface area contributed by atoms with Gasteiger partial charge in [0.1, 0.15) is 5.76 Å². The summed E-state index contributed by atoms with van der Waals surface area (Å²) in [5, 5.41) is 2.86. The van der Waals surface area contributed by atoms with Crippen LogP contribution in [0, 0.1) is 13.8 Å². The minimum Gasteiger partial charge on any atom is -0.447 e. The molecule has 0 aliphatic heterocycles. The number of hydrogen-bond acceptors (Lipinski definition) is 5. The summed E-state index contributed by atoms with van der Waals surface area (Å²) in [6, 6.07) is 5.13. The fraction of sp³-hybridized carbons (Fsp3) is 0.385. The molecule has 0 saturated carbocycles. The van der Waals surface area contributed by atoms with E-state index in [4.69, 9.17) is 4.42 Å². The fourth-order valence-corrected chi connectivity index (χ4v) is 3.78. The molecule has 0 amide bonds. The van der Waals surface area contributed by atoms with Crippen LogP contribution in [0.4, 0.5) is 0 Å². The molecule has 0 atom stereocenters. The highest BCUT2D eigenvalue weighted by molar-refractivity contribution is 7.89. The highest BCUT2D eigenvalue weighted by Crippen LogP contribution is 2.21. The monoisotopic (exact) mass is 314 g/mol. The Hall–Kier alpha value is -1.15. The summed E-state index contributed by atoms with van der Waals surface area (Å²) < 4.78 is 32.0. The van der Waals surface area contributed by atoms with Gasteiger partial charge in [0.05, 0.1) is 6.54 Å². The molecule has 7 heteroatoms. The zero-order valence-corrected chi connectivity index (χ0v) is 13.3. The predicted octanol–water partition coefficient (Wildman–Crippen LogP) is 2.16. The maximum atomic E-state index is 12.1. The number of rotatable bonds is 6. The third-order valence-corrected chi connectivity index (χ3v) is 5.33. The Morgan fingerprint density at radius 1 is 1.25 bits per heavy atom. The quantitative estimate of drug-likeness (QED) is 0.857. The molecule has 2 rings (SSSR count). The van der Waals surface area contributed by atoms with Crippen molar-refractivity contribution in [3.63, 3.8) is 0 Å².